The quantitative estimate of drug-likeness (QED) is 0.413. The van der Waals surface area contributed by atoms with Gasteiger partial charge in [0, 0.05) is 39.5 Å². The molecule has 2 aliphatic heterocycles. The zero-order valence-corrected chi connectivity index (χ0v) is 25.2. The molecule has 2 aromatic rings. The number of rotatable bonds is 7. The number of carbonyl (C=O) groups excluding carboxylic acids is 5. The summed E-state index contributed by atoms with van der Waals surface area (Å²) in [5.41, 5.74) is 0.301. The van der Waals surface area contributed by atoms with Gasteiger partial charge in [-0.05, 0) is 56.2 Å². The fourth-order valence-corrected chi connectivity index (χ4v) is 5.84. The van der Waals surface area contributed by atoms with Gasteiger partial charge in [-0.25, -0.2) is 0 Å². The maximum Gasteiger partial charge on any atom is 0.255 e. The molecule has 0 bridgehead atoms. The highest BCUT2D eigenvalue weighted by atomic mass is 16.5. The van der Waals surface area contributed by atoms with Crippen LogP contribution in [0, 0.1) is 0 Å². The highest BCUT2D eigenvalue weighted by molar-refractivity contribution is 6.00. The van der Waals surface area contributed by atoms with Crippen LogP contribution in [0.3, 0.4) is 0 Å². The Kier molecular flexibility index (Phi) is 9.82. The van der Waals surface area contributed by atoms with Crippen LogP contribution in [0.4, 0.5) is 0 Å². The number of hydrogen-bond acceptors (Lipinski definition) is 6. The smallest absolute Gasteiger partial charge is 0.255 e. The lowest BCUT2D eigenvalue weighted by Gasteiger charge is -2.32. The van der Waals surface area contributed by atoms with E-state index in [1.165, 1.54) is 0 Å². The molecule has 44 heavy (non-hydrogen) atoms. The van der Waals surface area contributed by atoms with Gasteiger partial charge in [0.05, 0.1) is 11.6 Å². The first-order valence-electron chi connectivity index (χ1n) is 15.5. The Morgan fingerprint density at radius 2 is 1.77 bits per heavy atom. The topological polar surface area (TPSA) is 137 Å². The third-order valence-corrected chi connectivity index (χ3v) is 8.64. The lowest BCUT2D eigenvalue weighted by Crippen LogP contribution is -2.54. The van der Waals surface area contributed by atoms with Crippen molar-refractivity contribution in [2.45, 2.75) is 69.0 Å². The fraction of sp³-hybridized carbons (Fsp3) is 0.485. The van der Waals surface area contributed by atoms with Gasteiger partial charge in [0.1, 0.15) is 23.9 Å². The molecular weight excluding hydrogens is 562 g/mol. The molecule has 2 fully saturated rings. The number of likely N-dealkylation sites (N-methyl/N-ethyl adjacent to an activating group) is 1. The Labute approximate surface area is 257 Å². The second-order valence-electron chi connectivity index (χ2n) is 11.9. The van der Waals surface area contributed by atoms with E-state index in [2.05, 4.69) is 16.0 Å². The molecule has 5 amide bonds. The van der Waals surface area contributed by atoms with Gasteiger partial charge in [-0.2, -0.15) is 0 Å². The summed E-state index contributed by atoms with van der Waals surface area (Å²) in [6.45, 7) is 1.73. The zero-order valence-electron chi connectivity index (χ0n) is 25.2. The third kappa shape index (κ3) is 7.56. The van der Waals surface area contributed by atoms with Crippen LogP contribution in [0.25, 0.3) is 0 Å². The SMILES string of the molecule is CN1C(=O)C2(CC2)NC(=O)CC[C@@H](C(=O)NCCCN2CCCC2=O)NC(=O)c2ccccc2OC[C@@H]1Cc1ccccc1. The maximum absolute atomic E-state index is 13.7. The number of hydrogen-bond donors (Lipinski definition) is 3. The van der Waals surface area contributed by atoms with Crippen molar-refractivity contribution in [3.05, 3.63) is 65.7 Å². The largest absolute Gasteiger partial charge is 0.491 e. The van der Waals surface area contributed by atoms with Crippen LogP contribution in [-0.4, -0.2) is 90.2 Å². The first kappa shape index (κ1) is 31.0. The average Bonchev–Trinajstić information content (AvgIpc) is 3.70. The van der Waals surface area contributed by atoms with Crippen LogP contribution in [0.15, 0.2) is 54.6 Å². The monoisotopic (exact) mass is 603 g/mol. The average molecular weight is 604 g/mol. The van der Waals surface area contributed by atoms with E-state index in [-0.39, 0.29) is 48.8 Å². The Morgan fingerprint density at radius 1 is 1.02 bits per heavy atom. The van der Waals surface area contributed by atoms with Gasteiger partial charge >= 0.3 is 0 Å². The number of nitrogens with zero attached hydrogens (tertiary/aromatic N) is 2. The molecule has 11 heteroatoms. The van der Waals surface area contributed by atoms with E-state index in [4.69, 9.17) is 4.74 Å². The summed E-state index contributed by atoms with van der Waals surface area (Å²) < 4.78 is 6.21. The summed E-state index contributed by atoms with van der Waals surface area (Å²) in [6.07, 6.45) is 3.58. The molecule has 2 atom stereocenters. The number of carbonyl (C=O) groups is 5. The Morgan fingerprint density at radius 3 is 2.50 bits per heavy atom. The molecule has 1 saturated carbocycles. The van der Waals surface area contributed by atoms with Crippen molar-refractivity contribution >= 4 is 29.5 Å². The standard InChI is InChI=1S/C33H41N5O6/c1-37-24(21-23-9-3-2-4-10-23)22-44-27-12-6-5-11-25(27)30(41)35-26(14-15-28(39)36-33(16-17-33)32(37)43)31(42)34-18-8-20-38-19-7-13-29(38)40/h2-6,9-12,24,26H,7-8,13-22H2,1H3,(H,34,42)(H,35,41)(H,36,39)/t24-,26-/m0/s1. The third-order valence-electron chi connectivity index (χ3n) is 8.64. The highest BCUT2D eigenvalue weighted by Crippen LogP contribution is 2.38. The first-order valence-corrected chi connectivity index (χ1v) is 15.5. The summed E-state index contributed by atoms with van der Waals surface area (Å²) >= 11 is 0. The van der Waals surface area contributed by atoms with Gasteiger partial charge in [-0.1, -0.05) is 42.5 Å². The van der Waals surface area contributed by atoms with Crippen molar-refractivity contribution in [2.24, 2.45) is 0 Å². The van der Waals surface area contributed by atoms with E-state index in [0.29, 0.717) is 50.9 Å². The second kappa shape index (κ2) is 13.9. The molecule has 1 aliphatic carbocycles. The number of ether oxygens (including phenoxy) is 1. The van der Waals surface area contributed by atoms with Gasteiger partial charge in [0.15, 0.2) is 0 Å². The van der Waals surface area contributed by atoms with E-state index in [1.807, 2.05) is 30.3 Å². The molecule has 11 nitrogen and oxygen atoms in total. The lowest BCUT2D eigenvalue weighted by atomic mass is 10.0. The summed E-state index contributed by atoms with van der Waals surface area (Å²) in [4.78, 5) is 68.9. The second-order valence-corrected chi connectivity index (χ2v) is 11.9. The Bertz CT molecular complexity index is 1380. The molecule has 0 radical (unpaired) electrons. The number of benzene rings is 2. The molecule has 1 spiro atoms. The van der Waals surface area contributed by atoms with Crippen molar-refractivity contribution in [2.75, 3.05) is 33.3 Å². The lowest BCUT2D eigenvalue weighted by molar-refractivity contribution is -0.139. The molecular formula is C33H41N5O6. The minimum absolute atomic E-state index is 0.0494. The predicted molar refractivity (Wildman–Crippen MR) is 163 cm³/mol. The molecule has 3 N–H and O–H groups in total. The minimum atomic E-state index is -0.987. The van der Waals surface area contributed by atoms with Crippen LogP contribution >= 0.6 is 0 Å². The predicted octanol–water partition coefficient (Wildman–Crippen LogP) is 1.80. The molecule has 1 saturated heterocycles. The van der Waals surface area contributed by atoms with Crippen molar-refractivity contribution in [3.8, 4) is 5.75 Å². The summed E-state index contributed by atoms with van der Waals surface area (Å²) in [5, 5.41) is 8.58. The Balaban J connectivity index is 1.33. The molecule has 234 valence electrons. The van der Waals surface area contributed by atoms with Crippen LogP contribution < -0.4 is 20.7 Å². The van der Waals surface area contributed by atoms with Crippen LogP contribution in [0.2, 0.25) is 0 Å². The minimum Gasteiger partial charge on any atom is -0.491 e. The number of para-hydroxylation sites is 1. The number of likely N-dealkylation sites (tertiary alicyclic amines) is 1. The van der Waals surface area contributed by atoms with Gasteiger partial charge < -0.3 is 30.5 Å². The van der Waals surface area contributed by atoms with E-state index in [0.717, 1.165) is 18.5 Å². The number of fused-ring (bicyclic) bond motifs is 1. The van der Waals surface area contributed by atoms with E-state index in [1.54, 1.807) is 41.1 Å². The molecule has 3 aliphatic rings. The van der Waals surface area contributed by atoms with E-state index in [9.17, 15) is 24.0 Å². The molecule has 0 unspecified atom stereocenters. The van der Waals surface area contributed by atoms with E-state index >= 15 is 0 Å². The zero-order chi connectivity index (χ0) is 31.1. The first-order chi connectivity index (χ1) is 21.3. The normalized spacial score (nSPS) is 22.3. The maximum atomic E-state index is 13.7. The van der Waals surface area contributed by atoms with Crippen LogP contribution in [-0.2, 0) is 25.6 Å². The van der Waals surface area contributed by atoms with E-state index < -0.39 is 23.4 Å². The molecule has 5 rings (SSSR count). The van der Waals surface area contributed by atoms with Crippen molar-refractivity contribution in [1.82, 2.24) is 25.8 Å². The summed E-state index contributed by atoms with van der Waals surface area (Å²) in [7, 11) is 1.72. The molecule has 0 aromatic heterocycles. The van der Waals surface area contributed by atoms with Gasteiger partial charge in [-0.15, -0.1) is 0 Å². The molecule has 2 heterocycles. The van der Waals surface area contributed by atoms with Gasteiger partial charge in [0.25, 0.3) is 5.91 Å². The van der Waals surface area contributed by atoms with Gasteiger partial charge in [0.2, 0.25) is 23.6 Å². The van der Waals surface area contributed by atoms with Crippen molar-refractivity contribution in [1.29, 1.82) is 0 Å². The highest BCUT2D eigenvalue weighted by Gasteiger charge is 2.53. The van der Waals surface area contributed by atoms with Gasteiger partial charge in [-0.3, -0.25) is 24.0 Å². The molecule has 2 aromatic carbocycles. The van der Waals surface area contributed by atoms with Crippen molar-refractivity contribution < 1.29 is 28.7 Å². The summed E-state index contributed by atoms with van der Waals surface area (Å²) in [5.74, 6) is -0.984. The summed E-state index contributed by atoms with van der Waals surface area (Å²) in [6, 6.07) is 15.2. The Hall–Kier alpha value is -4.41. The van der Waals surface area contributed by atoms with Crippen molar-refractivity contribution in [3.63, 3.8) is 0 Å². The fourth-order valence-electron chi connectivity index (χ4n) is 5.84. The number of amides is 5. The van der Waals surface area contributed by atoms with Crippen LogP contribution in [0.1, 0.15) is 60.9 Å². The van der Waals surface area contributed by atoms with Crippen LogP contribution in [0.5, 0.6) is 5.75 Å². The number of nitrogens with one attached hydrogen (secondary N) is 3.